The number of ketones is 1. The Balaban J connectivity index is 1.84. The van der Waals surface area contributed by atoms with Crippen LogP contribution >= 0.6 is 15.9 Å². The van der Waals surface area contributed by atoms with E-state index in [2.05, 4.69) is 27.5 Å². The smallest absolute Gasteiger partial charge is 0.295 e. The molecule has 0 spiro atoms. The number of benzene rings is 2. The largest absolute Gasteiger partial charge is 0.507 e. The third-order valence-corrected chi connectivity index (χ3v) is 5.80. The fourth-order valence-electron chi connectivity index (χ4n) is 3.77. The molecule has 2 aromatic carbocycles. The average Bonchev–Trinajstić information content (AvgIpc) is 3.08. The number of aromatic nitrogens is 1. The van der Waals surface area contributed by atoms with Crippen LogP contribution in [0.15, 0.2) is 95.8 Å². The van der Waals surface area contributed by atoms with Crippen LogP contribution in [0.3, 0.4) is 0 Å². The minimum atomic E-state index is -0.791. The summed E-state index contributed by atoms with van der Waals surface area (Å²) in [5.74, 6) is -1.07. The highest BCUT2D eigenvalue weighted by molar-refractivity contribution is 9.10. The monoisotopic (exact) mass is 504 g/mol. The number of aliphatic hydroxyl groups is 1. The highest BCUT2D eigenvalue weighted by Gasteiger charge is 2.46. The number of carbonyl (C=O) groups is 2. The summed E-state index contributed by atoms with van der Waals surface area (Å²) in [7, 11) is 0. The minimum absolute atomic E-state index is 0.0343. The van der Waals surface area contributed by atoms with Gasteiger partial charge in [-0.15, -0.1) is 0 Å². The van der Waals surface area contributed by atoms with E-state index in [1.54, 1.807) is 67.0 Å². The zero-order chi connectivity index (χ0) is 23.4. The predicted octanol–water partition coefficient (Wildman–Crippen LogP) is 5.03. The molecule has 0 radical (unpaired) electrons. The van der Waals surface area contributed by atoms with Crippen molar-refractivity contribution in [3.05, 3.63) is 112 Å². The SMILES string of the molecule is C=CCOc1cccc([C@@H]2/C(=C(\O)c3ccc(Br)cc3)C(=O)C(=O)N2Cc2cccnc2)c1. The molecule has 33 heavy (non-hydrogen) atoms. The molecule has 1 fully saturated rings. The van der Waals surface area contributed by atoms with Crippen molar-refractivity contribution in [3.8, 4) is 5.75 Å². The molecule has 1 aromatic heterocycles. The summed E-state index contributed by atoms with van der Waals surface area (Å²) >= 11 is 3.37. The number of aliphatic hydroxyl groups excluding tert-OH is 1. The highest BCUT2D eigenvalue weighted by Crippen LogP contribution is 2.41. The van der Waals surface area contributed by atoms with Crippen LogP contribution in [0.25, 0.3) is 5.76 Å². The zero-order valence-corrected chi connectivity index (χ0v) is 19.2. The van der Waals surface area contributed by atoms with Crippen molar-refractivity contribution in [2.75, 3.05) is 6.61 Å². The van der Waals surface area contributed by atoms with Gasteiger partial charge in [-0.3, -0.25) is 14.6 Å². The molecule has 1 N–H and O–H groups in total. The van der Waals surface area contributed by atoms with Crippen molar-refractivity contribution in [2.45, 2.75) is 12.6 Å². The maximum Gasteiger partial charge on any atom is 0.295 e. The van der Waals surface area contributed by atoms with E-state index in [0.717, 1.165) is 10.0 Å². The summed E-state index contributed by atoms with van der Waals surface area (Å²) in [5.41, 5.74) is 1.90. The van der Waals surface area contributed by atoms with Crippen molar-refractivity contribution in [1.29, 1.82) is 0 Å². The summed E-state index contributed by atoms with van der Waals surface area (Å²) in [4.78, 5) is 31.8. The van der Waals surface area contributed by atoms with Gasteiger partial charge in [0, 0.05) is 29.0 Å². The van der Waals surface area contributed by atoms with Gasteiger partial charge in [0.2, 0.25) is 0 Å². The first-order valence-electron chi connectivity index (χ1n) is 10.3. The first kappa shape index (κ1) is 22.5. The summed E-state index contributed by atoms with van der Waals surface area (Å²) in [6.45, 7) is 4.14. The Morgan fingerprint density at radius 2 is 1.94 bits per heavy atom. The maximum atomic E-state index is 13.1. The van der Waals surface area contributed by atoms with Gasteiger partial charge in [0.05, 0.1) is 11.6 Å². The van der Waals surface area contributed by atoms with Crippen LogP contribution in [0.1, 0.15) is 22.7 Å². The quantitative estimate of drug-likeness (QED) is 0.211. The summed E-state index contributed by atoms with van der Waals surface area (Å²) in [6, 6.07) is 16.9. The molecule has 1 aliphatic heterocycles. The van der Waals surface area contributed by atoms with Crippen LogP contribution in [0, 0.1) is 0 Å². The molecule has 3 aromatic rings. The molecule has 1 aliphatic rings. The molecular weight excluding hydrogens is 484 g/mol. The summed E-state index contributed by atoms with van der Waals surface area (Å²) in [5, 5.41) is 11.1. The number of likely N-dealkylation sites (tertiary alicyclic amines) is 1. The van der Waals surface area contributed by atoms with E-state index in [1.807, 2.05) is 12.1 Å². The lowest BCUT2D eigenvalue weighted by molar-refractivity contribution is -0.140. The number of halogens is 1. The average molecular weight is 505 g/mol. The van der Waals surface area contributed by atoms with Gasteiger partial charge < -0.3 is 14.7 Å². The molecule has 7 heteroatoms. The number of nitrogens with zero attached hydrogens (tertiary/aromatic N) is 2. The van der Waals surface area contributed by atoms with Crippen molar-refractivity contribution >= 4 is 33.4 Å². The fourth-order valence-corrected chi connectivity index (χ4v) is 4.04. The molecule has 166 valence electrons. The Morgan fingerprint density at radius 1 is 1.15 bits per heavy atom. The van der Waals surface area contributed by atoms with Crippen LogP contribution in [-0.2, 0) is 16.1 Å². The first-order chi connectivity index (χ1) is 16.0. The number of rotatable bonds is 7. The van der Waals surface area contributed by atoms with Gasteiger partial charge in [-0.1, -0.05) is 58.9 Å². The zero-order valence-electron chi connectivity index (χ0n) is 17.6. The van der Waals surface area contributed by atoms with E-state index in [9.17, 15) is 14.7 Å². The topological polar surface area (TPSA) is 79.7 Å². The lowest BCUT2D eigenvalue weighted by atomic mass is 9.95. The molecule has 0 bridgehead atoms. The van der Waals surface area contributed by atoms with E-state index < -0.39 is 17.7 Å². The summed E-state index contributed by atoms with van der Waals surface area (Å²) < 4.78 is 6.49. The van der Waals surface area contributed by atoms with Crippen LogP contribution < -0.4 is 4.74 Å². The normalized spacial score (nSPS) is 17.2. The Hall–Kier alpha value is -3.71. The second-order valence-corrected chi connectivity index (χ2v) is 8.38. The van der Waals surface area contributed by atoms with Crippen LogP contribution in [-0.4, -0.2) is 33.3 Å². The van der Waals surface area contributed by atoms with E-state index >= 15 is 0 Å². The van der Waals surface area contributed by atoms with Crippen LogP contribution in [0.4, 0.5) is 0 Å². The van der Waals surface area contributed by atoms with Crippen LogP contribution in [0.5, 0.6) is 5.75 Å². The third-order valence-electron chi connectivity index (χ3n) is 5.28. The van der Waals surface area contributed by atoms with Gasteiger partial charge in [-0.25, -0.2) is 0 Å². The van der Waals surface area contributed by atoms with Crippen molar-refractivity contribution in [1.82, 2.24) is 9.88 Å². The molecule has 4 rings (SSSR count). The van der Waals surface area contributed by atoms with E-state index in [0.29, 0.717) is 23.5 Å². The highest BCUT2D eigenvalue weighted by atomic mass is 79.9. The van der Waals surface area contributed by atoms with E-state index in [-0.39, 0.29) is 17.9 Å². The van der Waals surface area contributed by atoms with Gasteiger partial charge in [-0.2, -0.15) is 0 Å². The lowest BCUT2D eigenvalue weighted by Crippen LogP contribution is -2.29. The van der Waals surface area contributed by atoms with Gasteiger partial charge in [0.25, 0.3) is 11.7 Å². The molecule has 0 unspecified atom stereocenters. The second kappa shape index (κ2) is 9.83. The lowest BCUT2D eigenvalue weighted by Gasteiger charge is -2.25. The van der Waals surface area contributed by atoms with Gasteiger partial charge in [0.1, 0.15) is 18.1 Å². The van der Waals surface area contributed by atoms with Gasteiger partial charge >= 0.3 is 0 Å². The van der Waals surface area contributed by atoms with E-state index in [4.69, 9.17) is 4.74 Å². The number of Topliss-reactive ketones (excluding diaryl/α,β-unsaturated/α-hetero) is 1. The Bertz CT molecular complexity index is 1220. The fraction of sp³-hybridized carbons (Fsp3) is 0.115. The summed E-state index contributed by atoms with van der Waals surface area (Å²) in [6.07, 6.45) is 4.92. The number of hydrogen-bond donors (Lipinski definition) is 1. The third kappa shape index (κ3) is 4.73. The molecular formula is C26H21BrN2O4. The maximum absolute atomic E-state index is 13.1. The van der Waals surface area contributed by atoms with Crippen molar-refractivity contribution < 1.29 is 19.4 Å². The molecule has 0 saturated carbocycles. The number of pyridine rings is 1. The Kier molecular flexibility index (Phi) is 6.70. The first-order valence-corrected chi connectivity index (χ1v) is 11.1. The number of amides is 1. The molecule has 0 aliphatic carbocycles. The number of carbonyl (C=O) groups excluding carboxylic acids is 2. The number of ether oxygens (including phenoxy) is 1. The number of hydrogen-bond acceptors (Lipinski definition) is 5. The Morgan fingerprint density at radius 3 is 2.64 bits per heavy atom. The van der Waals surface area contributed by atoms with Crippen molar-refractivity contribution in [2.24, 2.45) is 0 Å². The molecule has 1 atom stereocenters. The molecule has 2 heterocycles. The second-order valence-electron chi connectivity index (χ2n) is 7.47. The molecule has 1 amide bonds. The predicted molar refractivity (Wildman–Crippen MR) is 128 cm³/mol. The van der Waals surface area contributed by atoms with Crippen molar-refractivity contribution in [3.63, 3.8) is 0 Å². The van der Waals surface area contributed by atoms with Gasteiger partial charge in [0.15, 0.2) is 0 Å². The molecule has 6 nitrogen and oxygen atoms in total. The van der Waals surface area contributed by atoms with Crippen LogP contribution in [0.2, 0.25) is 0 Å². The standard InChI is InChI=1S/C26H21BrN2O4/c1-2-13-33-21-7-3-6-19(14-21)23-22(24(30)18-8-10-20(27)11-9-18)25(31)26(32)29(23)16-17-5-4-12-28-15-17/h2-12,14-15,23,30H,1,13,16H2/b24-22+/t23-/m1/s1. The Labute approximate surface area is 200 Å². The van der Waals surface area contributed by atoms with E-state index in [1.165, 1.54) is 4.90 Å². The molecule has 1 saturated heterocycles. The van der Waals surface area contributed by atoms with Gasteiger partial charge in [-0.05, 0) is 41.5 Å². The minimum Gasteiger partial charge on any atom is -0.507 e.